The molecule has 0 aromatic heterocycles. The average molecular weight is 545 g/mol. The van der Waals surface area contributed by atoms with Crippen LogP contribution in [0.3, 0.4) is 0 Å². The molecule has 0 saturated heterocycles. The Balaban J connectivity index is 0.00000420. The largest absolute Gasteiger partial charge is 0.434 e. The highest BCUT2D eigenvalue weighted by Gasteiger charge is 2.20. The second kappa shape index (κ2) is 13.8. The maximum atomic E-state index is 12.5. The third-order valence-electron chi connectivity index (χ3n) is 4.60. The van der Waals surface area contributed by atoms with Gasteiger partial charge in [-0.15, -0.1) is 24.0 Å². The van der Waals surface area contributed by atoms with Crippen LogP contribution in [0.1, 0.15) is 37.7 Å². The van der Waals surface area contributed by atoms with Crippen molar-refractivity contribution in [2.45, 2.75) is 45.3 Å². The number of guanidine groups is 1. The lowest BCUT2D eigenvalue weighted by atomic mass is 9.89. The molecule has 1 fully saturated rings. The predicted octanol–water partition coefficient (Wildman–Crippen LogP) is 3.92. The number of hydrogen-bond donors (Lipinski definition) is 3. The molecule has 164 valence electrons. The standard InChI is InChI=1S/C19H27ClF2N4O2.HI/c1-23-19(25-10-9-24-17(27)13-5-3-2-4-6-13)26-12-14-11-15(20)7-8-16(14)28-18(21)22;/h7-8,11,13,18H,2-6,9-10,12H2,1H3,(H,24,27)(H2,23,25,26);1H. The number of aliphatic imine (C=N–C) groups is 1. The molecular formula is C19H28ClF2IN4O2. The van der Waals surface area contributed by atoms with E-state index in [1.807, 2.05) is 0 Å². The minimum absolute atomic E-state index is 0. The molecule has 0 aliphatic heterocycles. The first-order chi connectivity index (χ1) is 13.5. The lowest BCUT2D eigenvalue weighted by molar-refractivity contribution is -0.125. The van der Waals surface area contributed by atoms with E-state index in [9.17, 15) is 13.6 Å². The van der Waals surface area contributed by atoms with E-state index in [1.165, 1.54) is 18.6 Å². The molecule has 1 aliphatic carbocycles. The number of carbonyl (C=O) groups is 1. The lowest BCUT2D eigenvalue weighted by Crippen LogP contribution is -2.42. The summed E-state index contributed by atoms with van der Waals surface area (Å²) in [4.78, 5) is 16.2. The summed E-state index contributed by atoms with van der Waals surface area (Å²) in [6.45, 7) is -1.73. The molecular weight excluding hydrogens is 517 g/mol. The smallest absolute Gasteiger partial charge is 0.387 e. The Morgan fingerprint density at radius 3 is 2.55 bits per heavy atom. The number of rotatable bonds is 8. The van der Waals surface area contributed by atoms with Crippen LogP contribution in [-0.2, 0) is 11.3 Å². The highest BCUT2D eigenvalue weighted by Crippen LogP contribution is 2.24. The molecule has 0 radical (unpaired) electrons. The first kappa shape index (κ1) is 25.7. The van der Waals surface area contributed by atoms with Crippen LogP contribution in [0.5, 0.6) is 5.75 Å². The Morgan fingerprint density at radius 2 is 1.90 bits per heavy atom. The Bertz CT molecular complexity index is 674. The number of halogens is 4. The second-order valence-corrected chi connectivity index (χ2v) is 7.05. The fourth-order valence-corrected chi connectivity index (χ4v) is 3.37. The number of ether oxygens (including phenoxy) is 1. The number of amides is 1. The number of hydrogen-bond acceptors (Lipinski definition) is 3. The van der Waals surface area contributed by atoms with E-state index >= 15 is 0 Å². The third-order valence-corrected chi connectivity index (χ3v) is 4.84. The summed E-state index contributed by atoms with van der Waals surface area (Å²) >= 11 is 5.94. The number of nitrogens with zero attached hydrogens (tertiary/aromatic N) is 1. The summed E-state index contributed by atoms with van der Waals surface area (Å²) in [5.74, 6) is 0.774. The van der Waals surface area contributed by atoms with Crippen molar-refractivity contribution in [2.24, 2.45) is 10.9 Å². The number of benzene rings is 1. The summed E-state index contributed by atoms with van der Waals surface area (Å²) in [6, 6.07) is 4.46. The van der Waals surface area contributed by atoms with Gasteiger partial charge in [0.25, 0.3) is 0 Å². The van der Waals surface area contributed by atoms with Crippen LogP contribution in [0, 0.1) is 5.92 Å². The molecule has 0 spiro atoms. The normalized spacial score (nSPS) is 14.9. The molecule has 0 atom stereocenters. The quantitative estimate of drug-likeness (QED) is 0.201. The van der Waals surface area contributed by atoms with Crippen LogP contribution in [0.25, 0.3) is 0 Å². The van der Waals surface area contributed by atoms with Crippen molar-refractivity contribution in [1.29, 1.82) is 0 Å². The van der Waals surface area contributed by atoms with Gasteiger partial charge in [-0.25, -0.2) is 0 Å². The van der Waals surface area contributed by atoms with Crippen molar-refractivity contribution in [3.8, 4) is 5.75 Å². The summed E-state index contributed by atoms with van der Waals surface area (Å²) in [5.41, 5.74) is 0.487. The maximum absolute atomic E-state index is 12.5. The van der Waals surface area contributed by atoms with Crippen LogP contribution in [0.15, 0.2) is 23.2 Å². The highest BCUT2D eigenvalue weighted by molar-refractivity contribution is 14.0. The van der Waals surface area contributed by atoms with Gasteiger partial charge in [-0.2, -0.15) is 8.78 Å². The highest BCUT2D eigenvalue weighted by atomic mass is 127. The van der Waals surface area contributed by atoms with E-state index in [4.69, 9.17) is 11.6 Å². The van der Waals surface area contributed by atoms with E-state index in [-0.39, 0.29) is 48.1 Å². The molecule has 1 aromatic rings. The first-order valence-corrected chi connectivity index (χ1v) is 9.83. The molecule has 3 N–H and O–H groups in total. The van der Waals surface area contributed by atoms with Gasteiger partial charge in [-0.1, -0.05) is 30.9 Å². The first-order valence-electron chi connectivity index (χ1n) is 9.45. The van der Waals surface area contributed by atoms with Crippen LogP contribution < -0.4 is 20.7 Å². The van der Waals surface area contributed by atoms with Crippen molar-refractivity contribution >= 4 is 47.4 Å². The van der Waals surface area contributed by atoms with Crippen molar-refractivity contribution < 1.29 is 18.3 Å². The van der Waals surface area contributed by atoms with Crippen molar-refractivity contribution in [3.05, 3.63) is 28.8 Å². The zero-order valence-electron chi connectivity index (χ0n) is 16.3. The minimum Gasteiger partial charge on any atom is -0.434 e. The zero-order valence-corrected chi connectivity index (χ0v) is 19.4. The van der Waals surface area contributed by atoms with Gasteiger partial charge in [0.2, 0.25) is 5.91 Å². The van der Waals surface area contributed by atoms with Gasteiger partial charge in [-0.05, 0) is 31.0 Å². The van der Waals surface area contributed by atoms with Crippen LogP contribution >= 0.6 is 35.6 Å². The van der Waals surface area contributed by atoms with Crippen molar-refractivity contribution in [2.75, 3.05) is 20.1 Å². The second-order valence-electron chi connectivity index (χ2n) is 6.61. The fourth-order valence-electron chi connectivity index (χ4n) is 3.17. The Morgan fingerprint density at radius 1 is 1.21 bits per heavy atom. The van der Waals surface area contributed by atoms with Gasteiger partial charge in [0.05, 0.1) is 0 Å². The lowest BCUT2D eigenvalue weighted by Gasteiger charge is -2.21. The summed E-state index contributed by atoms with van der Waals surface area (Å²) in [6.07, 6.45) is 5.38. The SMILES string of the molecule is CN=C(NCCNC(=O)C1CCCCC1)NCc1cc(Cl)ccc1OC(F)F.I. The summed E-state index contributed by atoms with van der Waals surface area (Å²) < 4.78 is 29.6. The van der Waals surface area contributed by atoms with Gasteiger partial charge >= 0.3 is 6.61 Å². The molecule has 1 saturated carbocycles. The van der Waals surface area contributed by atoms with Crippen molar-refractivity contribution in [3.63, 3.8) is 0 Å². The van der Waals surface area contributed by atoms with Gasteiger partial charge in [-0.3, -0.25) is 9.79 Å². The molecule has 29 heavy (non-hydrogen) atoms. The predicted molar refractivity (Wildman–Crippen MR) is 121 cm³/mol. The van der Waals surface area contributed by atoms with Gasteiger partial charge in [0.15, 0.2) is 5.96 Å². The van der Waals surface area contributed by atoms with Crippen LogP contribution in [-0.4, -0.2) is 38.6 Å². The molecule has 6 nitrogen and oxygen atoms in total. The topological polar surface area (TPSA) is 74.8 Å². The monoisotopic (exact) mass is 544 g/mol. The Hall–Kier alpha value is -1.36. The van der Waals surface area contributed by atoms with Crippen molar-refractivity contribution in [1.82, 2.24) is 16.0 Å². The summed E-state index contributed by atoms with van der Waals surface area (Å²) in [7, 11) is 1.60. The van der Waals surface area contributed by atoms with E-state index in [2.05, 4.69) is 25.7 Å². The molecule has 1 amide bonds. The molecule has 0 unspecified atom stereocenters. The van der Waals surface area contributed by atoms with E-state index in [0.717, 1.165) is 25.7 Å². The Kier molecular flexibility index (Phi) is 12.2. The molecule has 1 aromatic carbocycles. The summed E-state index contributed by atoms with van der Waals surface area (Å²) in [5, 5.41) is 9.46. The van der Waals surface area contributed by atoms with E-state index < -0.39 is 6.61 Å². The minimum atomic E-state index is -2.91. The van der Waals surface area contributed by atoms with Crippen LogP contribution in [0.2, 0.25) is 5.02 Å². The third kappa shape index (κ3) is 9.33. The zero-order chi connectivity index (χ0) is 20.4. The van der Waals surface area contributed by atoms with Gasteiger partial charge in [0, 0.05) is 43.2 Å². The molecule has 0 bridgehead atoms. The molecule has 10 heteroatoms. The molecule has 1 aliphatic rings. The maximum Gasteiger partial charge on any atom is 0.387 e. The fraction of sp³-hybridized carbons (Fsp3) is 0.579. The molecule has 0 heterocycles. The number of nitrogens with one attached hydrogen (secondary N) is 3. The molecule has 2 rings (SSSR count). The number of alkyl halides is 2. The number of carbonyl (C=O) groups excluding carboxylic acids is 1. The van der Waals surface area contributed by atoms with Gasteiger partial charge < -0.3 is 20.7 Å². The average Bonchev–Trinajstić information content (AvgIpc) is 2.69. The van der Waals surface area contributed by atoms with Gasteiger partial charge in [0.1, 0.15) is 5.75 Å². The van der Waals surface area contributed by atoms with E-state index in [0.29, 0.717) is 29.6 Å². The van der Waals surface area contributed by atoms with Crippen LogP contribution in [0.4, 0.5) is 8.78 Å². The Labute approximate surface area is 192 Å². The van der Waals surface area contributed by atoms with E-state index in [1.54, 1.807) is 13.1 Å².